The highest BCUT2D eigenvalue weighted by molar-refractivity contribution is 5.92. The molecule has 0 atom stereocenters. The van der Waals surface area contributed by atoms with E-state index in [0.29, 0.717) is 5.69 Å². The van der Waals surface area contributed by atoms with Crippen molar-refractivity contribution in [1.82, 2.24) is 14.9 Å². The van der Waals surface area contributed by atoms with Crippen molar-refractivity contribution in [2.45, 2.75) is 39.0 Å². The molecule has 2 rings (SSSR count). The van der Waals surface area contributed by atoms with Crippen LogP contribution in [0.3, 0.4) is 0 Å². The number of nitrogens with one attached hydrogen (secondary N) is 1. The summed E-state index contributed by atoms with van der Waals surface area (Å²) in [6.07, 6.45) is 7.11. The van der Waals surface area contributed by atoms with E-state index in [1.54, 1.807) is 6.07 Å². The van der Waals surface area contributed by atoms with Crippen LogP contribution in [0, 0.1) is 0 Å². The van der Waals surface area contributed by atoms with Crippen molar-refractivity contribution in [2.24, 2.45) is 0 Å². The first-order valence-corrected chi connectivity index (χ1v) is 7.16. The number of likely N-dealkylation sites (tertiary alicyclic amines) is 1. The Labute approximate surface area is 114 Å². The number of aromatic nitrogens is 2. The zero-order chi connectivity index (χ0) is 13.5. The number of amides is 1. The molecule has 2 heterocycles. The largest absolute Gasteiger partial charge is 0.370 e. The highest BCUT2D eigenvalue weighted by atomic mass is 16.2. The van der Waals surface area contributed by atoms with Gasteiger partial charge in [-0.25, -0.2) is 9.97 Å². The van der Waals surface area contributed by atoms with Crippen LogP contribution in [0.5, 0.6) is 0 Å². The molecule has 1 aliphatic rings. The van der Waals surface area contributed by atoms with Crippen LogP contribution >= 0.6 is 0 Å². The first-order valence-electron chi connectivity index (χ1n) is 7.16. The van der Waals surface area contributed by atoms with Crippen LogP contribution in [0.25, 0.3) is 0 Å². The highest BCUT2D eigenvalue weighted by Crippen LogP contribution is 2.13. The van der Waals surface area contributed by atoms with Crippen LogP contribution in [-0.2, 0) is 0 Å². The van der Waals surface area contributed by atoms with E-state index < -0.39 is 0 Å². The van der Waals surface area contributed by atoms with E-state index in [4.69, 9.17) is 0 Å². The molecule has 1 N–H and O–H groups in total. The van der Waals surface area contributed by atoms with Crippen molar-refractivity contribution in [2.75, 3.05) is 25.0 Å². The molecule has 1 saturated heterocycles. The van der Waals surface area contributed by atoms with Crippen molar-refractivity contribution < 1.29 is 4.79 Å². The lowest BCUT2D eigenvalue weighted by Gasteiger charge is -2.26. The number of rotatable bonds is 5. The number of piperidine rings is 1. The molecule has 5 heteroatoms. The number of nitrogens with zero attached hydrogens (tertiary/aromatic N) is 3. The average molecular weight is 262 g/mol. The molecule has 1 aromatic heterocycles. The average Bonchev–Trinajstić information content (AvgIpc) is 2.48. The molecule has 19 heavy (non-hydrogen) atoms. The van der Waals surface area contributed by atoms with Crippen molar-refractivity contribution in [1.29, 1.82) is 0 Å². The maximum Gasteiger partial charge on any atom is 0.272 e. The van der Waals surface area contributed by atoms with Gasteiger partial charge in [-0.15, -0.1) is 0 Å². The van der Waals surface area contributed by atoms with Crippen molar-refractivity contribution >= 4 is 11.7 Å². The van der Waals surface area contributed by atoms with E-state index in [9.17, 15) is 4.79 Å². The highest BCUT2D eigenvalue weighted by Gasteiger charge is 2.19. The summed E-state index contributed by atoms with van der Waals surface area (Å²) in [4.78, 5) is 22.4. The summed E-state index contributed by atoms with van der Waals surface area (Å²) in [7, 11) is 0. The van der Waals surface area contributed by atoms with Crippen LogP contribution in [0.1, 0.15) is 49.5 Å². The summed E-state index contributed by atoms with van der Waals surface area (Å²) in [6, 6.07) is 1.76. The fourth-order valence-electron chi connectivity index (χ4n) is 2.22. The Hall–Kier alpha value is -1.65. The zero-order valence-electron chi connectivity index (χ0n) is 11.6. The molecule has 0 spiro atoms. The molecule has 1 aromatic rings. The fourth-order valence-corrected chi connectivity index (χ4v) is 2.22. The Kier molecular flexibility index (Phi) is 5.12. The Morgan fingerprint density at radius 2 is 2.11 bits per heavy atom. The second-order valence-electron chi connectivity index (χ2n) is 4.92. The maximum atomic E-state index is 12.3. The predicted octanol–water partition coefficient (Wildman–Crippen LogP) is 2.31. The summed E-state index contributed by atoms with van der Waals surface area (Å²) in [5, 5.41) is 3.22. The SMILES string of the molecule is CCCCNc1cc(C(=O)N2CCCCC2)ncn1. The molecule has 1 fully saturated rings. The molecule has 5 nitrogen and oxygen atoms in total. The van der Waals surface area contributed by atoms with Crippen LogP contribution in [0.4, 0.5) is 5.82 Å². The van der Waals surface area contributed by atoms with Crippen LogP contribution in [-0.4, -0.2) is 40.4 Å². The van der Waals surface area contributed by atoms with E-state index in [-0.39, 0.29) is 5.91 Å². The predicted molar refractivity (Wildman–Crippen MR) is 75.2 cm³/mol. The minimum Gasteiger partial charge on any atom is -0.370 e. The quantitative estimate of drug-likeness (QED) is 0.827. The normalized spacial score (nSPS) is 15.3. The molecule has 0 radical (unpaired) electrons. The molecule has 0 saturated carbocycles. The standard InChI is InChI=1S/C14H22N4O/c1-2-3-7-15-13-10-12(16-11-17-13)14(19)18-8-5-4-6-9-18/h10-11H,2-9H2,1H3,(H,15,16,17). The number of hydrogen-bond acceptors (Lipinski definition) is 4. The summed E-state index contributed by atoms with van der Waals surface area (Å²) in [5.74, 6) is 0.768. The van der Waals surface area contributed by atoms with Crippen molar-refractivity contribution in [3.63, 3.8) is 0 Å². The molecule has 1 amide bonds. The fraction of sp³-hybridized carbons (Fsp3) is 0.643. The first-order chi connectivity index (χ1) is 9.31. The molecule has 0 unspecified atom stereocenters. The van der Waals surface area contributed by atoms with E-state index in [2.05, 4.69) is 22.2 Å². The third kappa shape index (κ3) is 3.91. The van der Waals surface area contributed by atoms with Gasteiger partial charge in [0.25, 0.3) is 5.91 Å². The second kappa shape index (κ2) is 7.07. The van der Waals surface area contributed by atoms with Gasteiger partial charge in [0.1, 0.15) is 17.8 Å². The lowest BCUT2D eigenvalue weighted by molar-refractivity contribution is 0.0718. The van der Waals surface area contributed by atoms with Gasteiger partial charge in [-0.2, -0.15) is 0 Å². The Bertz CT molecular complexity index is 416. The lowest BCUT2D eigenvalue weighted by Crippen LogP contribution is -2.36. The van der Waals surface area contributed by atoms with E-state index in [1.165, 1.54) is 12.7 Å². The van der Waals surface area contributed by atoms with Crippen molar-refractivity contribution in [3.05, 3.63) is 18.1 Å². The summed E-state index contributed by atoms with van der Waals surface area (Å²) in [6.45, 7) is 4.72. The Morgan fingerprint density at radius 3 is 2.84 bits per heavy atom. The molecular formula is C14H22N4O. The molecule has 1 aliphatic heterocycles. The summed E-state index contributed by atoms with van der Waals surface area (Å²) < 4.78 is 0. The van der Waals surface area contributed by atoms with Gasteiger partial charge in [0.05, 0.1) is 0 Å². The van der Waals surface area contributed by atoms with Crippen molar-refractivity contribution in [3.8, 4) is 0 Å². The van der Waals surface area contributed by atoms with Crippen LogP contribution < -0.4 is 5.32 Å². The third-order valence-electron chi connectivity index (χ3n) is 3.37. The monoisotopic (exact) mass is 262 g/mol. The molecule has 0 aromatic carbocycles. The van der Waals surface area contributed by atoms with Gasteiger partial charge in [-0.1, -0.05) is 13.3 Å². The number of hydrogen-bond donors (Lipinski definition) is 1. The topological polar surface area (TPSA) is 58.1 Å². The van der Waals surface area contributed by atoms with E-state index in [1.807, 2.05) is 4.90 Å². The number of carbonyl (C=O) groups excluding carboxylic acids is 1. The van der Waals surface area contributed by atoms with Gasteiger partial charge in [0, 0.05) is 25.7 Å². The number of anilines is 1. The molecular weight excluding hydrogens is 240 g/mol. The smallest absolute Gasteiger partial charge is 0.272 e. The molecule has 0 bridgehead atoms. The Morgan fingerprint density at radius 1 is 1.32 bits per heavy atom. The van der Waals surface area contributed by atoms with Gasteiger partial charge in [-0.05, 0) is 25.7 Å². The zero-order valence-corrected chi connectivity index (χ0v) is 11.6. The van der Waals surface area contributed by atoms with Gasteiger partial charge >= 0.3 is 0 Å². The van der Waals surface area contributed by atoms with Gasteiger partial charge < -0.3 is 10.2 Å². The minimum atomic E-state index is 0.0284. The third-order valence-corrected chi connectivity index (χ3v) is 3.37. The van der Waals surface area contributed by atoms with Gasteiger partial charge in [-0.3, -0.25) is 4.79 Å². The minimum absolute atomic E-state index is 0.0284. The van der Waals surface area contributed by atoms with Gasteiger partial charge in [0.2, 0.25) is 0 Å². The summed E-state index contributed by atoms with van der Waals surface area (Å²) in [5.41, 5.74) is 0.496. The lowest BCUT2D eigenvalue weighted by atomic mass is 10.1. The summed E-state index contributed by atoms with van der Waals surface area (Å²) >= 11 is 0. The van der Waals surface area contributed by atoms with Crippen LogP contribution in [0.15, 0.2) is 12.4 Å². The van der Waals surface area contributed by atoms with E-state index >= 15 is 0 Å². The number of carbonyl (C=O) groups is 1. The van der Waals surface area contributed by atoms with Crippen LogP contribution in [0.2, 0.25) is 0 Å². The van der Waals surface area contributed by atoms with Gasteiger partial charge in [0.15, 0.2) is 0 Å². The molecule has 0 aliphatic carbocycles. The Balaban J connectivity index is 1.98. The second-order valence-corrected chi connectivity index (χ2v) is 4.92. The molecule has 104 valence electrons. The van der Waals surface area contributed by atoms with E-state index in [0.717, 1.165) is 51.1 Å². The number of unbranched alkanes of at least 4 members (excludes halogenated alkanes) is 1. The first kappa shape index (κ1) is 13.8. The maximum absolute atomic E-state index is 12.3.